The SMILES string of the molecule is C[C@@H](NC(=O)Cc1ccccc1C(=O)N[C@H](C)c1ccncc1)c1ccncc1. The van der Waals surface area contributed by atoms with E-state index in [9.17, 15) is 9.59 Å². The molecule has 148 valence electrons. The topological polar surface area (TPSA) is 84.0 Å². The zero-order chi connectivity index (χ0) is 20.6. The zero-order valence-electron chi connectivity index (χ0n) is 16.5. The van der Waals surface area contributed by atoms with Crippen LogP contribution < -0.4 is 10.6 Å². The summed E-state index contributed by atoms with van der Waals surface area (Å²) < 4.78 is 0. The minimum atomic E-state index is -0.208. The lowest BCUT2D eigenvalue weighted by Gasteiger charge is -2.17. The van der Waals surface area contributed by atoms with Crippen molar-refractivity contribution in [2.45, 2.75) is 32.4 Å². The zero-order valence-corrected chi connectivity index (χ0v) is 16.5. The van der Waals surface area contributed by atoms with Gasteiger partial charge in [0.15, 0.2) is 0 Å². The first-order valence-electron chi connectivity index (χ1n) is 9.52. The van der Waals surface area contributed by atoms with E-state index in [1.807, 2.05) is 50.2 Å². The van der Waals surface area contributed by atoms with E-state index in [1.165, 1.54) is 0 Å². The lowest BCUT2D eigenvalue weighted by atomic mass is 10.0. The molecule has 6 nitrogen and oxygen atoms in total. The Balaban J connectivity index is 1.66. The van der Waals surface area contributed by atoms with Crippen LogP contribution in [0.1, 0.15) is 53.0 Å². The minimum absolute atomic E-state index is 0.128. The van der Waals surface area contributed by atoms with Crippen molar-refractivity contribution in [3.8, 4) is 0 Å². The Hall–Kier alpha value is -3.54. The number of carbonyl (C=O) groups excluding carboxylic acids is 2. The van der Waals surface area contributed by atoms with Crippen molar-refractivity contribution in [3.05, 3.63) is 95.6 Å². The molecule has 2 aromatic heterocycles. The lowest BCUT2D eigenvalue weighted by molar-refractivity contribution is -0.121. The maximum absolute atomic E-state index is 12.8. The number of nitrogens with one attached hydrogen (secondary N) is 2. The fourth-order valence-corrected chi connectivity index (χ4v) is 3.11. The summed E-state index contributed by atoms with van der Waals surface area (Å²) >= 11 is 0. The number of carbonyl (C=O) groups is 2. The fraction of sp³-hybridized carbons (Fsp3) is 0.217. The van der Waals surface area contributed by atoms with Crippen molar-refractivity contribution in [3.63, 3.8) is 0 Å². The third-order valence-electron chi connectivity index (χ3n) is 4.75. The van der Waals surface area contributed by atoms with Gasteiger partial charge in [-0.2, -0.15) is 0 Å². The summed E-state index contributed by atoms with van der Waals surface area (Å²) in [6, 6.07) is 14.3. The normalized spacial score (nSPS) is 12.6. The van der Waals surface area contributed by atoms with Gasteiger partial charge in [0, 0.05) is 30.4 Å². The Bertz CT molecular complexity index is 961. The molecule has 3 aromatic rings. The molecule has 0 unspecified atom stereocenters. The monoisotopic (exact) mass is 388 g/mol. The molecule has 6 heteroatoms. The van der Waals surface area contributed by atoms with Gasteiger partial charge in [0.05, 0.1) is 18.5 Å². The van der Waals surface area contributed by atoms with Gasteiger partial charge in [0.25, 0.3) is 5.91 Å². The predicted molar refractivity (Wildman–Crippen MR) is 111 cm³/mol. The number of hydrogen-bond acceptors (Lipinski definition) is 4. The van der Waals surface area contributed by atoms with Crippen molar-refractivity contribution >= 4 is 11.8 Å². The van der Waals surface area contributed by atoms with Crippen LogP contribution in [0.2, 0.25) is 0 Å². The molecule has 1 aromatic carbocycles. The molecular weight excluding hydrogens is 364 g/mol. The largest absolute Gasteiger partial charge is 0.349 e. The number of pyridine rings is 2. The van der Waals surface area contributed by atoms with Crippen LogP contribution in [0.5, 0.6) is 0 Å². The second-order valence-electron chi connectivity index (χ2n) is 6.88. The van der Waals surface area contributed by atoms with E-state index >= 15 is 0 Å². The summed E-state index contributed by atoms with van der Waals surface area (Å²) in [6.45, 7) is 3.83. The summed E-state index contributed by atoms with van der Waals surface area (Å²) in [5, 5.41) is 5.96. The first-order valence-corrected chi connectivity index (χ1v) is 9.52. The molecule has 0 fully saturated rings. The van der Waals surface area contributed by atoms with E-state index in [4.69, 9.17) is 0 Å². The molecule has 0 aliphatic carbocycles. The van der Waals surface area contributed by atoms with Crippen LogP contribution in [0.4, 0.5) is 0 Å². The Morgan fingerprint density at radius 1 is 0.793 bits per heavy atom. The van der Waals surface area contributed by atoms with Crippen LogP contribution >= 0.6 is 0 Å². The lowest BCUT2D eigenvalue weighted by Crippen LogP contribution is -2.30. The summed E-state index contributed by atoms with van der Waals surface area (Å²) in [5.41, 5.74) is 3.13. The highest BCUT2D eigenvalue weighted by molar-refractivity contribution is 5.97. The minimum Gasteiger partial charge on any atom is -0.349 e. The highest BCUT2D eigenvalue weighted by Crippen LogP contribution is 2.16. The standard InChI is InChI=1S/C23H24N4O2/c1-16(18-7-11-24-12-8-18)26-22(28)15-20-5-3-4-6-21(20)23(29)27-17(2)19-9-13-25-14-10-19/h3-14,16-17H,15H2,1-2H3,(H,26,28)(H,27,29)/t16-,17-/m1/s1. The van der Waals surface area contributed by atoms with Gasteiger partial charge in [-0.15, -0.1) is 0 Å². The summed E-state index contributed by atoms with van der Waals surface area (Å²) in [4.78, 5) is 33.3. The molecular formula is C23H24N4O2. The Kier molecular flexibility index (Phi) is 6.68. The Morgan fingerprint density at radius 2 is 1.31 bits per heavy atom. The van der Waals surface area contributed by atoms with Gasteiger partial charge >= 0.3 is 0 Å². The molecule has 2 N–H and O–H groups in total. The molecule has 29 heavy (non-hydrogen) atoms. The van der Waals surface area contributed by atoms with E-state index in [-0.39, 0.29) is 30.3 Å². The van der Waals surface area contributed by atoms with Crippen LogP contribution in [-0.4, -0.2) is 21.8 Å². The van der Waals surface area contributed by atoms with Crippen molar-refractivity contribution in [1.29, 1.82) is 0 Å². The van der Waals surface area contributed by atoms with Gasteiger partial charge in [0.1, 0.15) is 0 Å². The average molecular weight is 388 g/mol. The second kappa shape index (κ2) is 9.59. The number of rotatable bonds is 7. The van der Waals surface area contributed by atoms with Crippen molar-refractivity contribution in [2.75, 3.05) is 0 Å². The molecule has 2 atom stereocenters. The smallest absolute Gasteiger partial charge is 0.252 e. The van der Waals surface area contributed by atoms with Crippen molar-refractivity contribution in [1.82, 2.24) is 20.6 Å². The molecule has 3 rings (SSSR count). The molecule has 0 saturated carbocycles. The van der Waals surface area contributed by atoms with E-state index in [0.717, 1.165) is 11.1 Å². The average Bonchev–Trinajstić information content (AvgIpc) is 2.75. The van der Waals surface area contributed by atoms with Crippen LogP contribution in [-0.2, 0) is 11.2 Å². The van der Waals surface area contributed by atoms with Crippen molar-refractivity contribution in [2.24, 2.45) is 0 Å². The van der Waals surface area contributed by atoms with Gasteiger partial charge in [0.2, 0.25) is 5.91 Å². The third kappa shape index (κ3) is 5.48. The summed E-state index contributed by atoms with van der Waals surface area (Å²) in [7, 11) is 0. The van der Waals surface area contributed by atoms with Crippen LogP contribution in [0.3, 0.4) is 0 Å². The van der Waals surface area contributed by atoms with Crippen LogP contribution in [0.15, 0.2) is 73.3 Å². The molecule has 0 spiro atoms. The Labute approximate surface area is 170 Å². The van der Waals surface area contributed by atoms with Crippen molar-refractivity contribution < 1.29 is 9.59 Å². The summed E-state index contributed by atoms with van der Waals surface area (Å²) in [5.74, 6) is -0.350. The number of aromatic nitrogens is 2. The van der Waals surface area contributed by atoms with E-state index in [1.54, 1.807) is 36.9 Å². The fourth-order valence-electron chi connectivity index (χ4n) is 3.11. The molecule has 0 aliphatic rings. The number of amides is 2. The van der Waals surface area contributed by atoms with Gasteiger partial charge < -0.3 is 10.6 Å². The maximum Gasteiger partial charge on any atom is 0.252 e. The maximum atomic E-state index is 12.8. The molecule has 2 heterocycles. The van der Waals surface area contributed by atoms with Gasteiger partial charge in [-0.05, 0) is 60.9 Å². The highest BCUT2D eigenvalue weighted by atomic mass is 16.2. The quantitative estimate of drug-likeness (QED) is 0.650. The van der Waals surface area contributed by atoms with Crippen LogP contribution in [0.25, 0.3) is 0 Å². The molecule has 0 saturated heterocycles. The van der Waals surface area contributed by atoms with E-state index < -0.39 is 0 Å². The van der Waals surface area contributed by atoms with Crippen LogP contribution in [0, 0.1) is 0 Å². The molecule has 0 bridgehead atoms. The number of nitrogens with zero attached hydrogens (tertiary/aromatic N) is 2. The molecule has 0 radical (unpaired) electrons. The van der Waals surface area contributed by atoms with Gasteiger partial charge in [-0.1, -0.05) is 18.2 Å². The van der Waals surface area contributed by atoms with E-state index in [2.05, 4.69) is 20.6 Å². The first kappa shape index (κ1) is 20.2. The molecule has 0 aliphatic heterocycles. The first-order chi connectivity index (χ1) is 14.0. The summed E-state index contributed by atoms with van der Waals surface area (Å²) in [6.07, 6.45) is 6.91. The number of hydrogen-bond donors (Lipinski definition) is 2. The number of benzene rings is 1. The highest BCUT2D eigenvalue weighted by Gasteiger charge is 2.17. The predicted octanol–water partition coefficient (Wildman–Crippen LogP) is 3.39. The van der Waals surface area contributed by atoms with Gasteiger partial charge in [-0.25, -0.2) is 0 Å². The second-order valence-corrected chi connectivity index (χ2v) is 6.88. The van der Waals surface area contributed by atoms with Gasteiger partial charge in [-0.3, -0.25) is 19.6 Å². The molecule has 2 amide bonds. The third-order valence-corrected chi connectivity index (χ3v) is 4.75. The Morgan fingerprint density at radius 3 is 1.90 bits per heavy atom. The van der Waals surface area contributed by atoms with E-state index in [0.29, 0.717) is 11.1 Å².